The van der Waals surface area contributed by atoms with Crippen molar-refractivity contribution in [1.29, 1.82) is 0 Å². The number of rotatable bonds is 12. The van der Waals surface area contributed by atoms with Crippen molar-refractivity contribution in [3.63, 3.8) is 0 Å². The van der Waals surface area contributed by atoms with Crippen LogP contribution in [-0.2, 0) is 19.5 Å². The van der Waals surface area contributed by atoms with E-state index in [9.17, 15) is 13.2 Å². The number of nitrogens with one attached hydrogen (secondary N) is 2. The van der Waals surface area contributed by atoms with Gasteiger partial charge in [-0.2, -0.15) is 0 Å². The Morgan fingerprint density at radius 2 is 1.82 bits per heavy atom. The van der Waals surface area contributed by atoms with Gasteiger partial charge in [0, 0.05) is 11.6 Å². The molecule has 5 rings (SSSR count). The van der Waals surface area contributed by atoms with E-state index < -0.39 is 15.7 Å². The van der Waals surface area contributed by atoms with Gasteiger partial charge in [-0.25, -0.2) is 18.4 Å². The van der Waals surface area contributed by atoms with Crippen molar-refractivity contribution in [2.24, 2.45) is 5.16 Å². The average Bonchev–Trinajstić information content (AvgIpc) is 3.52. The predicted octanol–water partition coefficient (Wildman–Crippen LogP) is 4.34. The number of sulfone groups is 1. The minimum atomic E-state index is -3.33. The standard InChI is InChI=1S/C26H31N5O5S2.ClH/c1-27-15-4-16-35-22-14-13-21-25(29-22)37-26(28-21)30-24(32)23(31-36-18-5-2-3-6-18)17-7-9-19(10-8-17)38(33,34)20-11-12-20;/h7-10,13-14,18,20,27H,2-6,11-12,15-16H2,1H3,(H,28,30,32);1H/b31-23+;. The summed E-state index contributed by atoms with van der Waals surface area (Å²) >= 11 is 1.23. The van der Waals surface area contributed by atoms with Gasteiger partial charge in [0.25, 0.3) is 5.91 Å². The zero-order valence-electron chi connectivity index (χ0n) is 21.6. The normalized spacial score (nSPS) is 16.2. The number of aromatic nitrogens is 2. The summed E-state index contributed by atoms with van der Waals surface area (Å²) in [5.74, 6) is 0.00646. The highest BCUT2D eigenvalue weighted by molar-refractivity contribution is 7.92. The smallest absolute Gasteiger partial charge is 0.280 e. The van der Waals surface area contributed by atoms with E-state index in [4.69, 9.17) is 9.57 Å². The monoisotopic (exact) mass is 593 g/mol. The molecular weight excluding hydrogens is 562 g/mol. The highest BCUT2D eigenvalue weighted by Gasteiger charge is 2.36. The summed E-state index contributed by atoms with van der Waals surface area (Å²) in [6.45, 7) is 1.40. The first-order chi connectivity index (χ1) is 18.4. The van der Waals surface area contributed by atoms with E-state index in [-0.39, 0.29) is 34.4 Å². The van der Waals surface area contributed by atoms with E-state index >= 15 is 0 Å². The molecule has 3 aromatic rings. The largest absolute Gasteiger partial charge is 0.478 e. The molecule has 10 nitrogen and oxygen atoms in total. The van der Waals surface area contributed by atoms with Crippen LogP contribution < -0.4 is 15.4 Å². The highest BCUT2D eigenvalue weighted by Crippen LogP contribution is 2.33. The maximum absolute atomic E-state index is 13.3. The van der Waals surface area contributed by atoms with Gasteiger partial charge in [-0.3, -0.25) is 10.1 Å². The van der Waals surface area contributed by atoms with Gasteiger partial charge in [-0.05, 0) is 76.7 Å². The number of halogens is 1. The third-order valence-corrected chi connectivity index (χ3v) is 9.66. The van der Waals surface area contributed by atoms with E-state index in [1.54, 1.807) is 24.3 Å². The fourth-order valence-electron chi connectivity index (χ4n) is 4.24. The van der Waals surface area contributed by atoms with E-state index in [2.05, 4.69) is 25.8 Å². The zero-order chi connectivity index (χ0) is 26.5. The fraction of sp³-hybridized carbons (Fsp3) is 0.462. The van der Waals surface area contributed by atoms with Crippen LogP contribution in [0.3, 0.4) is 0 Å². The van der Waals surface area contributed by atoms with Crippen molar-refractivity contribution in [2.75, 3.05) is 25.5 Å². The molecule has 0 unspecified atom stereocenters. The maximum atomic E-state index is 13.3. The number of benzene rings is 1. The van der Waals surface area contributed by atoms with Gasteiger partial charge >= 0.3 is 0 Å². The highest BCUT2D eigenvalue weighted by atomic mass is 35.5. The molecule has 2 aromatic heterocycles. The summed E-state index contributed by atoms with van der Waals surface area (Å²) in [7, 11) is -1.44. The molecule has 0 aliphatic heterocycles. The molecule has 0 spiro atoms. The van der Waals surface area contributed by atoms with Crippen molar-refractivity contribution < 1.29 is 22.8 Å². The second kappa shape index (κ2) is 13.0. The van der Waals surface area contributed by atoms with Crippen molar-refractivity contribution >= 4 is 60.7 Å². The Balaban J connectivity index is 0.00000353. The first-order valence-corrected chi connectivity index (χ1v) is 15.2. The first kappa shape index (κ1) is 29.2. The molecule has 0 saturated heterocycles. The molecule has 2 heterocycles. The third-order valence-electron chi connectivity index (χ3n) is 6.50. The average molecular weight is 594 g/mol. The minimum absolute atomic E-state index is 0. The Bertz CT molecular complexity index is 1420. The van der Waals surface area contributed by atoms with Crippen molar-refractivity contribution in [2.45, 2.75) is 61.2 Å². The van der Waals surface area contributed by atoms with Gasteiger partial charge in [0.05, 0.1) is 16.8 Å². The van der Waals surface area contributed by atoms with Gasteiger partial charge < -0.3 is 14.9 Å². The van der Waals surface area contributed by atoms with Crippen LogP contribution in [0.2, 0.25) is 0 Å². The van der Waals surface area contributed by atoms with Gasteiger partial charge in [-0.15, -0.1) is 12.4 Å². The van der Waals surface area contributed by atoms with Crippen LogP contribution >= 0.6 is 23.7 Å². The summed E-state index contributed by atoms with van der Waals surface area (Å²) in [6.07, 6.45) is 6.11. The molecule has 1 aromatic carbocycles. The number of thiazole rings is 1. The Morgan fingerprint density at radius 1 is 1.08 bits per heavy atom. The van der Waals surface area contributed by atoms with Crippen LogP contribution in [0.1, 0.15) is 50.5 Å². The number of fused-ring (bicyclic) bond motifs is 1. The fourth-order valence-corrected chi connectivity index (χ4v) is 6.72. The predicted molar refractivity (Wildman–Crippen MR) is 154 cm³/mol. The minimum Gasteiger partial charge on any atom is -0.478 e. The third kappa shape index (κ3) is 7.24. The van der Waals surface area contributed by atoms with Crippen LogP contribution in [0.5, 0.6) is 5.88 Å². The summed E-state index contributed by atoms with van der Waals surface area (Å²) in [6, 6.07) is 9.82. The summed E-state index contributed by atoms with van der Waals surface area (Å²) in [5, 5.41) is 10.2. The molecule has 2 saturated carbocycles. The molecule has 1 amide bonds. The van der Waals surface area contributed by atoms with Crippen molar-refractivity contribution in [1.82, 2.24) is 15.3 Å². The molecule has 2 fully saturated rings. The number of hydrogen-bond acceptors (Lipinski definition) is 10. The Labute approximate surface area is 237 Å². The maximum Gasteiger partial charge on any atom is 0.280 e. The molecule has 0 bridgehead atoms. The Morgan fingerprint density at radius 3 is 2.51 bits per heavy atom. The lowest BCUT2D eigenvalue weighted by Gasteiger charge is -2.11. The number of ether oxygens (including phenoxy) is 1. The molecule has 0 radical (unpaired) electrons. The molecule has 13 heteroatoms. The van der Waals surface area contributed by atoms with Crippen molar-refractivity contribution in [3.8, 4) is 5.88 Å². The lowest BCUT2D eigenvalue weighted by atomic mass is 10.1. The SMILES string of the molecule is CNCCCOc1ccc2nc(NC(=O)/C(=N/OC3CCCC3)c3ccc(S(=O)(=O)C4CC4)cc3)sc2n1.Cl. The van der Waals surface area contributed by atoms with Gasteiger partial charge in [-0.1, -0.05) is 28.6 Å². The summed E-state index contributed by atoms with van der Waals surface area (Å²) in [5.41, 5.74) is 1.17. The van der Waals surface area contributed by atoms with Crippen LogP contribution in [0.25, 0.3) is 10.3 Å². The number of hydrogen-bond donors (Lipinski definition) is 2. The zero-order valence-corrected chi connectivity index (χ0v) is 24.0. The van der Waals surface area contributed by atoms with Gasteiger partial charge in [0.1, 0.15) is 16.5 Å². The second-order valence-electron chi connectivity index (χ2n) is 9.47. The quantitative estimate of drug-likeness (QED) is 0.180. The molecular formula is C26H32ClN5O5S2. The Kier molecular flexibility index (Phi) is 9.76. The van der Waals surface area contributed by atoms with Crippen LogP contribution in [0.4, 0.5) is 5.13 Å². The first-order valence-electron chi connectivity index (χ1n) is 12.9. The van der Waals surface area contributed by atoms with Crippen LogP contribution in [0.15, 0.2) is 46.4 Å². The molecule has 210 valence electrons. The van der Waals surface area contributed by atoms with E-state index in [1.807, 2.05) is 7.05 Å². The molecule has 2 aliphatic carbocycles. The number of carbonyl (C=O) groups excluding carboxylic acids is 1. The van der Waals surface area contributed by atoms with Crippen LogP contribution in [-0.4, -0.2) is 61.6 Å². The lowest BCUT2D eigenvalue weighted by molar-refractivity contribution is -0.110. The number of anilines is 1. The lowest BCUT2D eigenvalue weighted by Crippen LogP contribution is -2.25. The topological polar surface area (TPSA) is 132 Å². The van der Waals surface area contributed by atoms with Gasteiger partial charge in [0.15, 0.2) is 20.7 Å². The Hall–Kier alpha value is -2.80. The number of oxime groups is 1. The summed E-state index contributed by atoms with van der Waals surface area (Å²) in [4.78, 5) is 28.9. The molecule has 39 heavy (non-hydrogen) atoms. The molecule has 0 atom stereocenters. The molecule has 2 N–H and O–H groups in total. The van der Waals surface area contributed by atoms with E-state index in [0.717, 1.165) is 38.6 Å². The number of nitrogens with zero attached hydrogens (tertiary/aromatic N) is 3. The van der Waals surface area contributed by atoms with Gasteiger partial charge in [0.2, 0.25) is 5.88 Å². The number of carbonyl (C=O) groups is 1. The van der Waals surface area contributed by atoms with E-state index in [1.165, 1.54) is 23.5 Å². The molecule has 2 aliphatic rings. The van der Waals surface area contributed by atoms with Crippen molar-refractivity contribution in [3.05, 3.63) is 42.0 Å². The number of pyridine rings is 1. The summed E-state index contributed by atoms with van der Waals surface area (Å²) < 4.78 is 30.9. The second-order valence-corrected chi connectivity index (χ2v) is 12.7. The van der Waals surface area contributed by atoms with E-state index in [0.29, 0.717) is 46.4 Å². The number of amides is 1. The van der Waals surface area contributed by atoms with Crippen LogP contribution in [0, 0.1) is 0 Å².